The highest BCUT2D eigenvalue weighted by Crippen LogP contribution is 2.50. The maximum absolute atomic E-state index is 5.34. The molecule has 0 amide bonds. The number of hydrogen-bond acceptors (Lipinski definition) is 4. The highest BCUT2D eigenvalue weighted by Gasteiger charge is 2.35. The molecule has 64 heavy (non-hydrogen) atoms. The summed E-state index contributed by atoms with van der Waals surface area (Å²) in [7, 11) is 0. The monoisotopic (exact) mass is 820 g/mol. The third-order valence-corrected chi connectivity index (χ3v) is 12.6. The maximum atomic E-state index is 5.34. The second-order valence-electron chi connectivity index (χ2n) is 16.8. The average Bonchev–Trinajstić information content (AvgIpc) is 3.60. The highest BCUT2D eigenvalue weighted by atomic mass is 15.1. The van der Waals surface area contributed by atoms with E-state index in [-0.39, 0.29) is 5.41 Å². The number of hydrogen-bond donors (Lipinski definition) is 0. The van der Waals surface area contributed by atoms with Crippen molar-refractivity contribution in [2.24, 2.45) is 0 Å². The standard InChI is InChI=1S/C60H44N4/c1-60(2)54-28-16-14-25-50(54)51-39-34-46(40-55(51)60)58-61-57(45-22-10-5-11-23-45)62-59(63-58)53-27-13-12-24-49(53)52-26-15-17-29-56(52)64(47-35-30-43(31-36-47)41-18-6-3-7-19-41)48-37-32-44(33-38-48)42-20-8-4-9-21-42/h3-40H,1-2H3. The van der Waals surface area contributed by atoms with Crippen molar-refractivity contribution in [3.8, 4) is 78.7 Å². The second-order valence-corrected chi connectivity index (χ2v) is 16.8. The molecule has 0 aliphatic heterocycles. The molecule has 0 fully saturated rings. The van der Waals surface area contributed by atoms with E-state index in [9.17, 15) is 0 Å². The van der Waals surface area contributed by atoms with E-state index in [1.807, 2.05) is 18.2 Å². The molecular weight excluding hydrogens is 777 g/mol. The van der Waals surface area contributed by atoms with Crippen molar-refractivity contribution in [1.29, 1.82) is 0 Å². The van der Waals surface area contributed by atoms with Gasteiger partial charge < -0.3 is 4.90 Å². The van der Waals surface area contributed by atoms with Crippen molar-refractivity contribution in [2.45, 2.75) is 19.3 Å². The Hall–Kier alpha value is -8.21. The molecule has 4 heteroatoms. The molecule has 0 saturated heterocycles. The van der Waals surface area contributed by atoms with E-state index in [1.165, 1.54) is 44.5 Å². The summed E-state index contributed by atoms with van der Waals surface area (Å²) in [6.45, 7) is 4.61. The fraction of sp³-hybridized carbons (Fsp3) is 0.0500. The van der Waals surface area contributed by atoms with Crippen LogP contribution in [0.5, 0.6) is 0 Å². The predicted molar refractivity (Wildman–Crippen MR) is 265 cm³/mol. The number of nitrogens with zero attached hydrogens (tertiary/aromatic N) is 4. The fourth-order valence-corrected chi connectivity index (χ4v) is 9.29. The van der Waals surface area contributed by atoms with Gasteiger partial charge in [-0.3, -0.25) is 0 Å². The Bertz CT molecular complexity index is 3190. The normalized spacial score (nSPS) is 12.3. The van der Waals surface area contributed by atoms with Crippen molar-refractivity contribution < 1.29 is 0 Å². The van der Waals surface area contributed by atoms with Crippen LogP contribution < -0.4 is 4.90 Å². The number of benzene rings is 9. The zero-order valence-electron chi connectivity index (χ0n) is 35.7. The Kier molecular flexibility index (Phi) is 9.82. The Balaban J connectivity index is 1.06. The van der Waals surface area contributed by atoms with Crippen LogP contribution in [0.15, 0.2) is 231 Å². The van der Waals surface area contributed by atoms with Gasteiger partial charge in [-0.2, -0.15) is 0 Å². The number of para-hydroxylation sites is 1. The van der Waals surface area contributed by atoms with Gasteiger partial charge in [0.05, 0.1) is 5.69 Å². The van der Waals surface area contributed by atoms with Gasteiger partial charge in [0.1, 0.15) is 0 Å². The first-order chi connectivity index (χ1) is 31.5. The predicted octanol–water partition coefficient (Wildman–Crippen LogP) is 15.6. The quantitative estimate of drug-likeness (QED) is 0.145. The molecular formula is C60H44N4. The van der Waals surface area contributed by atoms with E-state index in [0.717, 1.165) is 44.9 Å². The largest absolute Gasteiger partial charge is 0.310 e. The van der Waals surface area contributed by atoms with E-state index in [4.69, 9.17) is 15.0 Å². The highest BCUT2D eigenvalue weighted by molar-refractivity contribution is 5.94. The number of aromatic nitrogens is 3. The lowest BCUT2D eigenvalue weighted by molar-refractivity contribution is 0.660. The van der Waals surface area contributed by atoms with Crippen molar-refractivity contribution in [1.82, 2.24) is 15.0 Å². The first-order valence-corrected chi connectivity index (χ1v) is 21.9. The van der Waals surface area contributed by atoms with Crippen LogP contribution in [0.1, 0.15) is 25.0 Å². The van der Waals surface area contributed by atoms with Gasteiger partial charge in [-0.1, -0.05) is 208 Å². The molecule has 9 aromatic carbocycles. The molecule has 1 aliphatic carbocycles. The summed E-state index contributed by atoms with van der Waals surface area (Å²) >= 11 is 0. The summed E-state index contributed by atoms with van der Waals surface area (Å²) in [5.74, 6) is 1.88. The molecule has 0 saturated carbocycles. The van der Waals surface area contributed by atoms with E-state index in [1.54, 1.807) is 0 Å². The van der Waals surface area contributed by atoms with Crippen molar-refractivity contribution >= 4 is 17.1 Å². The molecule has 0 spiro atoms. The summed E-state index contributed by atoms with van der Waals surface area (Å²) in [5, 5.41) is 0. The summed E-state index contributed by atoms with van der Waals surface area (Å²) in [5.41, 5.74) is 17.7. The van der Waals surface area contributed by atoms with Crippen LogP contribution >= 0.6 is 0 Å². The van der Waals surface area contributed by atoms with Gasteiger partial charge in [-0.25, -0.2) is 15.0 Å². The first-order valence-electron chi connectivity index (χ1n) is 21.9. The Morgan fingerprint density at radius 1 is 0.297 bits per heavy atom. The van der Waals surface area contributed by atoms with Gasteiger partial charge in [-0.05, 0) is 86.5 Å². The molecule has 1 aliphatic rings. The zero-order chi connectivity index (χ0) is 43.0. The summed E-state index contributed by atoms with van der Waals surface area (Å²) in [4.78, 5) is 18.1. The Morgan fingerprint density at radius 3 is 1.30 bits per heavy atom. The van der Waals surface area contributed by atoms with Gasteiger partial charge in [0.2, 0.25) is 0 Å². The topological polar surface area (TPSA) is 41.9 Å². The Morgan fingerprint density at radius 2 is 0.703 bits per heavy atom. The molecule has 1 aromatic heterocycles. The lowest BCUT2D eigenvalue weighted by atomic mass is 9.82. The minimum Gasteiger partial charge on any atom is -0.310 e. The third kappa shape index (κ3) is 7.05. The molecule has 10 aromatic rings. The van der Waals surface area contributed by atoms with E-state index >= 15 is 0 Å². The van der Waals surface area contributed by atoms with Crippen molar-refractivity contribution in [2.75, 3.05) is 4.90 Å². The van der Waals surface area contributed by atoms with Crippen LogP contribution in [0, 0.1) is 0 Å². The average molecular weight is 821 g/mol. The number of fused-ring (bicyclic) bond motifs is 3. The van der Waals surface area contributed by atoms with E-state index in [0.29, 0.717) is 17.5 Å². The lowest BCUT2D eigenvalue weighted by Gasteiger charge is -2.28. The molecule has 0 atom stereocenters. The van der Waals surface area contributed by atoms with Gasteiger partial charge in [0, 0.05) is 39.0 Å². The number of rotatable bonds is 9. The molecule has 304 valence electrons. The molecule has 0 bridgehead atoms. The van der Waals surface area contributed by atoms with Crippen LogP contribution in [0.2, 0.25) is 0 Å². The molecule has 11 rings (SSSR count). The first kappa shape index (κ1) is 38.7. The zero-order valence-corrected chi connectivity index (χ0v) is 35.7. The smallest absolute Gasteiger partial charge is 0.164 e. The van der Waals surface area contributed by atoms with Crippen molar-refractivity contribution in [3.63, 3.8) is 0 Å². The Labute approximate surface area is 374 Å². The summed E-state index contributed by atoms with van der Waals surface area (Å²) in [6, 6.07) is 81.6. The number of anilines is 3. The van der Waals surface area contributed by atoms with Gasteiger partial charge in [0.15, 0.2) is 17.5 Å². The van der Waals surface area contributed by atoms with Crippen LogP contribution in [0.4, 0.5) is 17.1 Å². The van der Waals surface area contributed by atoms with Crippen LogP contribution in [0.3, 0.4) is 0 Å². The second kappa shape index (κ2) is 16.2. The fourth-order valence-electron chi connectivity index (χ4n) is 9.29. The maximum Gasteiger partial charge on any atom is 0.164 e. The molecule has 1 heterocycles. The van der Waals surface area contributed by atoms with Crippen LogP contribution in [0.25, 0.3) is 78.7 Å². The molecule has 0 N–H and O–H groups in total. The van der Waals surface area contributed by atoms with Gasteiger partial charge in [-0.15, -0.1) is 0 Å². The van der Waals surface area contributed by atoms with Crippen LogP contribution in [-0.4, -0.2) is 15.0 Å². The van der Waals surface area contributed by atoms with Gasteiger partial charge >= 0.3 is 0 Å². The minimum atomic E-state index is -0.161. The summed E-state index contributed by atoms with van der Waals surface area (Å²) < 4.78 is 0. The van der Waals surface area contributed by atoms with E-state index < -0.39 is 0 Å². The molecule has 0 unspecified atom stereocenters. The molecule has 0 radical (unpaired) electrons. The van der Waals surface area contributed by atoms with Crippen molar-refractivity contribution in [3.05, 3.63) is 242 Å². The van der Waals surface area contributed by atoms with Crippen LogP contribution in [-0.2, 0) is 5.41 Å². The molecule has 4 nitrogen and oxygen atoms in total. The lowest BCUT2D eigenvalue weighted by Crippen LogP contribution is -2.15. The minimum absolute atomic E-state index is 0.161. The van der Waals surface area contributed by atoms with E-state index in [2.05, 4.69) is 231 Å². The summed E-state index contributed by atoms with van der Waals surface area (Å²) in [6.07, 6.45) is 0. The van der Waals surface area contributed by atoms with Gasteiger partial charge in [0.25, 0.3) is 0 Å². The SMILES string of the molecule is CC1(C)c2ccccc2-c2ccc(-c3nc(-c4ccccc4)nc(-c4ccccc4-c4ccccc4N(c4ccc(-c5ccccc5)cc4)c4ccc(-c5ccccc5)cc4)n3)cc21. The third-order valence-electron chi connectivity index (χ3n) is 12.6.